The summed E-state index contributed by atoms with van der Waals surface area (Å²) < 4.78 is 46.4. The van der Waals surface area contributed by atoms with Crippen molar-refractivity contribution in [3.63, 3.8) is 0 Å². The molecule has 0 atom stereocenters. The lowest BCUT2D eigenvalue weighted by atomic mass is 10.1. The molecule has 0 saturated heterocycles. The number of alkyl halides is 3. The Bertz CT molecular complexity index is 408. The van der Waals surface area contributed by atoms with Crippen molar-refractivity contribution >= 4 is 0 Å². The molecule has 114 valence electrons. The molecule has 0 heterocycles. The number of hydrogen-bond donors (Lipinski definition) is 1. The summed E-state index contributed by atoms with van der Waals surface area (Å²) in [5.74, 6) is 0.681. The molecule has 0 unspecified atom stereocenters. The minimum Gasteiger partial charge on any atom is -0.496 e. The van der Waals surface area contributed by atoms with Gasteiger partial charge in [-0.05, 0) is 31.2 Å². The van der Waals surface area contributed by atoms with Gasteiger partial charge in [0, 0.05) is 25.1 Å². The third-order valence-electron chi connectivity index (χ3n) is 2.73. The maximum absolute atomic E-state index is 12.0. The van der Waals surface area contributed by atoms with Crippen LogP contribution in [0.2, 0.25) is 0 Å². The second-order valence-electron chi connectivity index (χ2n) is 4.45. The van der Waals surface area contributed by atoms with E-state index in [1.165, 1.54) is 0 Å². The molecule has 3 nitrogen and oxygen atoms in total. The molecule has 0 bridgehead atoms. The maximum Gasteiger partial charge on any atom is 0.389 e. The highest BCUT2D eigenvalue weighted by molar-refractivity contribution is 5.36. The summed E-state index contributed by atoms with van der Waals surface area (Å²) >= 11 is 0. The SMILES string of the molecule is CNCc1ccc(OC)c(COCCCC(F)(F)F)c1. The average Bonchev–Trinajstić information content (AvgIpc) is 2.38. The van der Waals surface area contributed by atoms with Crippen molar-refractivity contribution in [3.05, 3.63) is 29.3 Å². The minimum absolute atomic E-state index is 0.0258. The van der Waals surface area contributed by atoms with Crippen LogP contribution in [0.1, 0.15) is 24.0 Å². The molecule has 1 N–H and O–H groups in total. The van der Waals surface area contributed by atoms with Crippen molar-refractivity contribution in [2.24, 2.45) is 0 Å². The first-order valence-corrected chi connectivity index (χ1v) is 6.41. The fraction of sp³-hybridized carbons (Fsp3) is 0.571. The Hall–Kier alpha value is -1.27. The fourth-order valence-corrected chi connectivity index (χ4v) is 1.82. The summed E-state index contributed by atoms with van der Waals surface area (Å²) in [5, 5.41) is 3.04. The number of hydrogen-bond acceptors (Lipinski definition) is 3. The topological polar surface area (TPSA) is 30.5 Å². The standard InChI is InChI=1S/C14H20F3NO2/c1-18-9-11-4-5-13(19-2)12(8-11)10-20-7-3-6-14(15,16)17/h4-5,8,18H,3,6-7,9-10H2,1-2H3. The zero-order valence-electron chi connectivity index (χ0n) is 11.7. The molecule has 0 aliphatic rings. The summed E-state index contributed by atoms with van der Waals surface area (Å²) in [4.78, 5) is 0. The molecule has 20 heavy (non-hydrogen) atoms. The highest BCUT2D eigenvalue weighted by atomic mass is 19.4. The molecule has 1 aromatic rings. The van der Waals surface area contributed by atoms with E-state index < -0.39 is 12.6 Å². The van der Waals surface area contributed by atoms with E-state index in [9.17, 15) is 13.2 Å². The molecule has 0 aliphatic heterocycles. The van der Waals surface area contributed by atoms with Gasteiger partial charge in [0.1, 0.15) is 5.75 Å². The lowest BCUT2D eigenvalue weighted by molar-refractivity contribution is -0.138. The summed E-state index contributed by atoms with van der Waals surface area (Å²) in [7, 11) is 3.40. The number of benzene rings is 1. The molecule has 0 aliphatic carbocycles. The van der Waals surface area contributed by atoms with Gasteiger partial charge in [-0.1, -0.05) is 6.07 Å². The van der Waals surface area contributed by atoms with Crippen LogP contribution >= 0.6 is 0 Å². The van der Waals surface area contributed by atoms with Crippen molar-refractivity contribution in [2.75, 3.05) is 20.8 Å². The third-order valence-corrected chi connectivity index (χ3v) is 2.73. The quantitative estimate of drug-likeness (QED) is 0.746. The van der Waals surface area contributed by atoms with Gasteiger partial charge >= 0.3 is 6.18 Å². The van der Waals surface area contributed by atoms with Crippen LogP contribution in [0.5, 0.6) is 5.75 Å². The van der Waals surface area contributed by atoms with Crippen molar-refractivity contribution in [3.8, 4) is 5.75 Å². The van der Waals surface area contributed by atoms with E-state index in [1.54, 1.807) is 7.11 Å². The summed E-state index contributed by atoms with van der Waals surface area (Å²) in [6.07, 6.45) is -4.96. The average molecular weight is 291 g/mol. The van der Waals surface area contributed by atoms with E-state index in [1.807, 2.05) is 25.2 Å². The van der Waals surface area contributed by atoms with E-state index in [2.05, 4.69) is 5.32 Å². The molecule has 0 amide bonds. The van der Waals surface area contributed by atoms with Crippen LogP contribution in [-0.4, -0.2) is 26.9 Å². The van der Waals surface area contributed by atoms with Gasteiger partial charge in [-0.25, -0.2) is 0 Å². The monoisotopic (exact) mass is 291 g/mol. The van der Waals surface area contributed by atoms with Gasteiger partial charge in [0.25, 0.3) is 0 Å². The molecule has 6 heteroatoms. The first-order chi connectivity index (χ1) is 9.46. The Balaban J connectivity index is 2.47. The van der Waals surface area contributed by atoms with Gasteiger partial charge in [-0.3, -0.25) is 0 Å². The van der Waals surface area contributed by atoms with Gasteiger partial charge in [-0.15, -0.1) is 0 Å². The maximum atomic E-state index is 12.0. The summed E-state index contributed by atoms with van der Waals surface area (Å²) in [6, 6.07) is 5.70. The third kappa shape index (κ3) is 6.25. The minimum atomic E-state index is -4.12. The second-order valence-corrected chi connectivity index (χ2v) is 4.45. The van der Waals surface area contributed by atoms with E-state index in [-0.39, 0.29) is 19.6 Å². The number of nitrogens with one attached hydrogen (secondary N) is 1. The molecule has 0 radical (unpaired) electrons. The van der Waals surface area contributed by atoms with Gasteiger partial charge < -0.3 is 14.8 Å². The lowest BCUT2D eigenvalue weighted by Gasteiger charge is -2.12. The van der Waals surface area contributed by atoms with Crippen LogP contribution in [0.15, 0.2) is 18.2 Å². The molecule has 0 fully saturated rings. The summed E-state index contributed by atoms with van der Waals surface area (Å²) in [6.45, 7) is 1.04. The molecule has 1 aromatic carbocycles. The highest BCUT2D eigenvalue weighted by Gasteiger charge is 2.25. The van der Waals surface area contributed by atoms with Crippen molar-refractivity contribution in [1.29, 1.82) is 0 Å². The van der Waals surface area contributed by atoms with E-state index in [4.69, 9.17) is 9.47 Å². The predicted octanol–water partition coefficient (Wildman–Crippen LogP) is 3.27. The fourth-order valence-electron chi connectivity index (χ4n) is 1.82. The van der Waals surface area contributed by atoms with E-state index in [0.29, 0.717) is 12.3 Å². The van der Waals surface area contributed by atoms with Crippen LogP contribution in [0.3, 0.4) is 0 Å². The first-order valence-electron chi connectivity index (χ1n) is 6.41. The molecule has 1 rings (SSSR count). The number of methoxy groups -OCH3 is 1. The number of rotatable bonds is 8. The highest BCUT2D eigenvalue weighted by Crippen LogP contribution is 2.23. The Labute approximate surface area is 117 Å². The Kier molecular flexibility index (Phi) is 6.81. The Morgan fingerprint density at radius 2 is 2.00 bits per heavy atom. The van der Waals surface area contributed by atoms with E-state index in [0.717, 1.165) is 11.1 Å². The van der Waals surface area contributed by atoms with E-state index >= 15 is 0 Å². The molecular formula is C14H20F3NO2. The normalized spacial score (nSPS) is 11.7. The zero-order chi connectivity index (χ0) is 15.0. The van der Waals surface area contributed by atoms with Gasteiger partial charge in [-0.2, -0.15) is 13.2 Å². The second kappa shape index (κ2) is 8.11. The van der Waals surface area contributed by atoms with Crippen LogP contribution in [0.25, 0.3) is 0 Å². The molecule has 0 spiro atoms. The first kappa shape index (κ1) is 16.8. The summed E-state index contributed by atoms with van der Waals surface area (Å²) in [5.41, 5.74) is 1.91. The predicted molar refractivity (Wildman–Crippen MR) is 70.7 cm³/mol. The molecule has 0 saturated carbocycles. The van der Waals surface area contributed by atoms with Crippen LogP contribution in [0, 0.1) is 0 Å². The van der Waals surface area contributed by atoms with Crippen LogP contribution in [-0.2, 0) is 17.9 Å². The number of halogens is 3. The van der Waals surface area contributed by atoms with Crippen LogP contribution < -0.4 is 10.1 Å². The van der Waals surface area contributed by atoms with Crippen LogP contribution in [0.4, 0.5) is 13.2 Å². The van der Waals surface area contributed by atoms with Gasteiger partial charge in [0.2, 0.25) is 0 Å². The molecule has 0 aromatic heterocycles. The van der Waals surface area contributed by atoms with Crippen molar-refractivity contribution in [1.82, 2.24) is 5.32 Å². The van der Waals surface area contributed by atoms with Gasteiger partial charge in [0.05, 0.1) is 13.7 Å². The van der Waals surface area contributed by atoms with Crippen molar-refractivity contribution in [2.45, 2.75) is 32.2 Å². The lowest BCUT2D eigenvalue weighted by Crippen LogP contribution is -2.09. The largest absolute Gasteiger partial charge is 0.496 e. The zero-order valence-corrected chi connectivity index (χ0v) is 11.7. The molecular weight excluding hydrogens is 271 g/mol. The van der Waals surface area contributed by atoms with Crippen molar-refractivity contribution < 1.29 is 22.6 Å². The Morgan fingerprint density at radius 1 is 1.25 bits per heavy atom. The Morgan fingerprint density at radius 3 is 2.60 bits per heavy atom. The smallest absolute Gasteiger partial charge is 0.389 e. The van der Waals surface area contributed by atoms with Gasteiger partial charge in [0.15, 0.2) is 0 Å². The number of ether oxygens (including phenoxy) is 2.